The normalized spacial score (nSPS) is 13.4. The van der Waals surface area contributed by atoms with Gasteiger partial charge < -0.3 is 15.8 Å². The van der Waals surface area contributed by atoms with Gasteiger partial charge in [-0.15, -0.1) is 0 Å². The molecule has 4 nitrogen and oxygen atoms in total. The van der Waals surface area contributed by atoms with Gasteiger partial charge in [-0.2, -0.15) is 0 Å². The van der Waals surface area contributed by atoms with Crippen LogP contribution in [0.5, 0.6) is 0 Å². The molecule has 1 heterocycles. The van der Waals surface area contributed by atoms with Crippen molar-refractivity contribution in [2.75, 3.05) is 18.9 Å². The highest BCUT2D eigenvalue weighted by atomic mass is 16.5. The van der Waals surface area contributed by atoms with Crippen molar-refractivity contribution in [3.8, 4) is 0 Å². The van der Waals surface area contributed by atoms with Crippen molar-refractivity contribution in [1.29, 1.82) is 0 Å². The molecule has 0 fully saturated rings. The van der Waals surface area contributed by atoms with Crippen LogP contribution >= 0.6 is 0 Å². The highest BCUT2D eigenvalue weighted by Gasteiger charge is 2.39. The van der Waals surface area contributed by atoms with E-state index in [0.717, 1.165) is 31.4 Å². The van der Waals surface area contributed by atoms with Crippen LogP contribution in [-0.4, -0.2) is 23.7 Å². The molecule has 4 heteroatoms. The van der Waals surface area contributed by atoms with Gasteiger partial charge in [0.25, 0.3) is 0 Å². The number of nitrogens with one attached hydrogen (secondary N) is 1. The zero-order valence-corrected chi connectivity index (χ0v) is 14.2. The van der Waals surface area contributed by atoms with Crippen LogP contribution in [-0.2, 0) is 4.74 Å². The van der Waals surface area contributed by atoms with Crippen molar-refractivity contribution >= 4 is 5.82 Å². The summed E-state index contributed by atoms with van der Waals surface area (Å²) in [6, 6.07) is 2.09. The molecule has 1 aromatic rings. The maximum absolute atomic E-state index is 6.21. The monoisotopic (exact) mass is 293 g/mol. The van der Waals surface area contributed by atoms with Gasteiger partial charge in [0, 0.05) is 18.4 Å². The highest BCUT2D eigenvalue weighted by Crippen LogP contribution is 2.38. The lowest BCUT2D eigenvalue weighted by atomic mass is 9.82. The van der Waals surface area contributed by atoms with Crippen LogP contribution in [0.3, 0.4) is 0 Å². The minimum absolute atomic E-state index is 0.0705. The number of nitrogens with zero attached hydrogens (tertiary/aromatic N) is 1. The summed E-state index contributed by atoms with van der Waals surface area (Å²) in [6.07, 6.45) is 4.72. The number of aromatic nitrogens is 1. The Morgan fingerprint density at radius 2 is 1.95 bits per heavy atom. The van der Waals surface area contributed by atoms with Crippen LogP contribution in [0.4, 0.5) is 5.82 Å². The van der Waals surface area contributed by atoms with Gasteiger partial charge in [-0.1, -0.05) is 20.8 Å². The van der Waals surface area contributed by atoms with E-state index in [4.69, 9.17) is 10.5 Å². The highest BCUT2D eigenvalue weighted by molar-refractivity contribution is 5.47. The topological polar surface area (TPSA) is 60.2 Å². The zero-order valence-electron chi connectivity index (χ0n) is 14.2. The zero-order chi connectivity index (χ0) is 15.9. The maximum Gasteiger partial charge on any atom is 0.128 e. The molecule has 120 valence electrons. The summed E-state index contributed by atoms with van der Waals surface area (Å²) >= 11 is 0. The number of nitrogen functional groups attached to an aromatic ring is 1. The third kappa shape index (κ3) is 3.95. The predicted octanol–water partition coefficient (Wildman–Crippen LogP) is 3.61. The van der Waals surface area contributed by atoms with Crippen LogP contribution in [0.25, 0.3) is 0 Å². The van der Waals surface area contributed by atoms with Crippen LogP contribution in [0.2, 0.25) is 0 Å². The van der Waals surface area contributed by atoms with Gasteiger partial charge in [0.1, 0.15) is 5.82 Å². The van der Waals surface area contributed by atoms with Crippen molar-refractivity contribution in [2.24, 2.45) is 0 Å². The third-order valence-electron chi connectivity index (χ3n) is 4.28. The van der Waals surface area contributed by atoms with Crippen molar-refractivity contribution in [2.45, 2.75) is 65.5 Å². The maximum atomic E-state index is 6.21. The molecule has 1 aromatic heterocycles. The summed E-state index contributed by atoms with van der Waals surface area (Å²) in [5.74, 6) is 0.606. The number of aryl methyl sites for hydroxylation is 1. The molecule has 21 heavy (non-hydrogen) atoms. The minimum atomic E-state index is -0.244. The molecule has 3 N–H and O–H groups in total. The van der Waals surface area contributed by atoms with Gasteiger partial charge in [0.2, 0.25) is 0 Å². The fourth-order valence-electron chi connectivity index (χ4n) is 3.04. The lowest BCUT2D eigenvalue weighted by Gasteiger charge is -2.41. The Labute approximate surface area is 129 Å². The Balaban J connectivity index is 3.32. The predicted molar refractivity (Wildman–Crippen MR) is 89.4 cm³/mol. The average molecular weight is 293 g/mol. The van der Waals surface area contributed by atoms with Gasteiger partial charge in [-0.05, 0) is 51.3 Å². The van der Waals surface area contributed by atoms with E-state index in [1.54, 1.807) is 6.20 Å². The van der Waals surface area contributed by atoms with Gasteiger partial charge in [-0.25, -0.2) is 4.98 Å². The minimum Gasteiger partial charge on any atom is -0.383 e. The molecular formula is C17H31N3O. The summed E-state index contributed by atoms with van der Waals surface area (Å²) < 4.78 is 6.21. The summed E-state index contributed by atoms with van der Waals surface area (Å²) in [7, 11) is 0. The number of hydrogen-bond donors (Lipinski definition) is 2. The number of anilines is 1. The van der Waals surface area contributed by atoms with Gasteiger partial charge >= 0.3 is 0 Å². The summed E-state index contributed by atoms with van der Waals surface area (Å²) in [5, 5.41) is 3.65. The van der Waals surface area contributed by atoms with E-state index in [1.165, 1.54) is 5.56 Å². The van der Waals surface area contributed by atoms with Gasteiger partial charge in [0.05, 0.1) is 11.6 Å². The second-order valence-electron chi connectivity index (χ2n) is 5.52. The van der Waals surface area contributed by atoms with Crippen LogP contribution in [0.1, 0.15) is 64.1 Å². The SMILES string of the molecule is CCCNC(c1c(C)ccnc1N)C(CC)(CC)OCC. The first-order chi connectivity index (χ1) is 10.1. The second kappa shape index (κ2) is 8.35. The first kappa shape index (κ1) is 17.9. The number of pyridine rings is 1. The Morgan fingerprint density at radius 3 is 2.43 bits per heavy atom. The second-order valence-corrected chi connectivity index (χ2v) is 5.52. The number of ether oxygens (including phenoxy) is 1. The number of hydrogen-bond acceptors (Lipinski definition) is 4. The van der Waals surface area contributed by atoms with E-state index in [9.17, 15) is 0 Å². The Morgan fingerprint density at radius 1 is 1.29 bits per heavy atom. The molecule has 0 saturated carbocycles. The van der Waals surface area contributed by atoms with E-state index in [2.05, 4.69) is 44.9 Å². The van der Waals surface area contributed by atoms with E-state index in [-0.39, 0.29) is 11.6 Å². The molecular weight excluding hydrogens is 262 g/mol. The van der Waals surface area contributed by atoms with Crippen LogP contribution in [0, 0.1) is 6.92 Å². The molecule has 1 rings (SSSR count). The summed E-state index contributed by atoms with van der Waals surface area (Å²) in [5.41, 5.74) is 8.20. The molecule has 1 atom stereocenters. The van der Waals surface area contributed by atoms with Gasteiger partial charge in [0.15, 0.2) is 0 Å². The van der Waals surface area contributed by atoms with E-state index in [0.29, 0.717) is 12.4 Å². The van der Waals surface area contributed by atoms with Crippen molar-refractivity contribution in [3.05, 3.63) is 23.4 Å². The van der Waals surface area contributed by atoms with Crippen molar-refractivity contribution < 1.29 is 4.74 Å². The van der Waals surface area contributed by atoms with E-state index >= 15 is 0 Å². The fourth-order valence-corrected chi connectivity index (χ4v) is 3.04. The molecule has 0 amide bonds. The molecule has 0 spiro atoms. The van der Waals surface area contributed by atoms with Crippen molar-refractivity contribution in [1.82, 2.24) is 10.3 Å². The van der Waals surface area contributed by atoms with Crippen LogP contribution in [0.15, 0.2) is 12.3 Å². The molecule has 0 aromatic carbocycles. The summed E-state index contributed by atoms with van der Waals surface area (Å²) in [6.45, 7) is 12.3. The first-order valence-corrected chi connectivity index (χ1v) is 8.14. The lowest BCUT2D eigenvalue weighted by molar-refractivity contribution is -0.0733. The largest absolute Gasteiger partial charge is 0.383 e. The number of nitrogens with two attached hydrogens (primary N) is 1. The molecule has 0 saturated heterocycles. The molecule has 0 aliphatic carbocycles. The van der Waals surface area contributed by atoms with Gasteiger partial charge in [-0.3, -0.25) is 0 Å². The van der Waals surface area contributed by atoms with Crippen LogP contribution < -0.4 is 11.1 Å². The molecule has 0 aliphatic heterocycles. The smallest absolute Gasteiger partial charge is 0.128 e. The molecule has 1 unspecified atom stereocenters. The molecule has 0 aliphatic rings. The third-order valence-corrected chi connectivity index (χ3v) is 4.28. The molecule has 0 bridgehead atoms. The Hall–Kier alpha value is -1.13. The first-order valence-electron chi connectivity index (χ1n) is 8.14. The average Bonchev–Trinajstić information content (AvgIpc) is 2.48. The van der Waals surface area contributed by atoms with Crippen molar-refractivity contribution in [3.63, 3.8) is 0 Å². The summed E-state index contributed by atoms with van der Waals surface area (Å²) in [4.78, 5) is 4.29. The Bertz CT molecular complexity index is 410. The quantitative estimate of drug-likeness (QED) is 0.730. The molecule has 0 radical (unpaired) electrons. The Kier molecular flexibility index (Phi) is 7.12. The van der Waals surface area contributed by atoms with E-state index in [1.807, 2.05) is 6.07 Å². The van der Waals surface area contributed by atoms with E-state index < -0.39 is 0 Å². The number of rotatable bonds is 9. The lowest BCUT2D eigenvalue weighted by Crippen LogP contribution is -2.46. The standard InChI is InChI=1S/C17H31N3O/c1-6-11-19-15(17(7-2,8-3)21-9-4)14-13(5)10-12-20-16(14)18/h10,12,15,19H,6-9,11H2,1-5H3,(H2,18,20). The fraction of sp³-hybridized carbons (Fsp3) is 0.706.